The molecule has 0 unspecified atom stereocenters. The molecule has 31 heavy (non-hydrogen) atoms. The van der Waals surface area contributed by atoms with Crippen molar-refractivity contribution in [2.45, 2.75) is 32.6 Å². The maximum absolute atomic E-state index is 11.3. The first kappa shape index (κ1) is 23.8. The highest BCUT2D eigenvalue weighted by Gasteiger charge is 2.04. The van der Waals surface area contributed by atoms with E-state index >= 15 is 0 Å². The first-order chi connectivity index (χ1) is 14.9. The molecule has 0 amide bonds. The van der Waals surface area contributed by atoms with Crippen LogP contribution < -0.4 is 4.90 Å². The molecule has 0 aliphatic heterocycles. The Hall–Kier alpha value is -3.48. The third-order valence-electron chi connectivity index (χ3n) is 4.66. The van der Waals surface area contributed by atoms with Crippen molar-refractivity contribution in [3.05, 3.63) is 66.2 Å². The summed E-state index contributed by atoms with van der Waals surface area (Å²) in [5.41, 5.74) is 3.07. The lowest BCUT2D eigenvalue weighted by atomic mass is 10.2. The van der Waals surface area contributed by atoms with Gasteiger partial charge < -0.3 is 14.7 Å². The molecule has 0 atom stereocenters. The Labute approximate surface area is 183 Å². The molecule has 0 saturated heterocycles. The van der Waals surface area contributed by atoms with Crippen LogP contribution in [0.2, 0.25) is 0 Å². The van der Waals surface area contributed by atoms with Gasteiger partial charge in [0.2, 0.25) is 0 Å². The maximum Gasteiger partial charge on any atom is 0.335 e. The van der Waals surface area contributed by atoms with Gasteiger partial charge in [0.25, 0.3) is 0 Å². The standard InChI is InChI=1S/C24H29N3O4/c1-18(2)24(30)31-17-7-5-4-6-16-27(3)22-14-12-21(13-15-22)26-25-20-10-8-19(9-11-20)23(28)29/h8-15H,1,4-7,16-17H2,2-3H3,(H,28,29)/b26-25+. The van der Waals surface area contributed by atoms with Gasteiger partial charge in [0, 0.05) is 24.9 Å². The molecule has 2 rings (SSSR count). The normalized spacial score (nSPS) is 10.8. The average Bonchev–Trinajstić information content (AvgIpc) is 2.77. The second-order valence-electron chi connectivity index (χ2n) is 7.32. The number of carbonyl (C=O) groups excluding carboxylic acids is 1. The number of unbranched alkanes of at least 4 members (excludes halogenated alkanes) is 3. The van der Waals surface area contributed by atoms with Crippen LogP contribution in [0.25, 0.3) is 0 Å². The van der Waals surface area contributed by atoms with Gasteiger partial charge in [-0.05, 0) is 74.7 Å². The second kappa shape index (κ2) is 12.3. The zero-order valence-electron chi connectivity index (χ0n) is 18.1. The molecule has 2 aromatic carbocycles. The number of ether oxygens (including phenoxy) is 1. The van der Waals surface area contributed by atoms with Crippen molar-refractivity contribution in [2.24, 2.45) is 10.2 Å². The molecule has 0 saturated carbocycles. The number of hydrogen-bond donors (Lipinski definition) is 1. The van der Waals surface area contributed by atoms with E-state index in [4.69, 9.17) is 9.84 Å². The van der Waals surface area contributed by atoms with Crippen LogP contribution in [0.3, 0.4) is 0 Å². The minimum Gasteiger partial charge on any atom is -0.478 e. The fourth-order valence-electron chi connectivity index (χ4n) is 2.78. The number of rotatable bonds is 12. The van der Waals surface area contributed by atoms with Crippen molar-refractivity contribution in [1.82, 2.24) is 0 Å². The Bertz CT molecular complexity index is 905. The Kier molecular flexibility index (Phi) is 9.42. The fourth-order valence-corrected chi connectivity index (χ4v) is 2.78. The molecular weight excluding hydrogens is 394 g/mol. The van der Waals surface area contributed by atoms with E-state index < -0.39 is 5.97 Å². The summed E-state index contributed by atoms with van der Waals surface area (Å²) >= 11 is 0. The lowest BCUT2D eigenvalue weighted by molar-refractivity contribution is -0.139. The largest absolute Gasteiger partial charge is 0.478 e. The van der Waals surface area contributed by atoms with E-state index in [1.165, 1.54) is 12.1 Å². The smallest absolute Gasteiger partial charge is 0.335 e. The predicted molar refractivity (Wildman–Crippen MR) is 122 cm³/mol. The zero-order chi connectivity index (χ0) is 22.6. The van der Waals surface area contributed by atoms with Crippen molar-refractivity contribution in [3.8, 4) is 0 Å². The Balaban J connectivity index is 1.71. The van der Waals surface area contributed by atoms with Gasteiger partial charge in [0.1, 0.15) is 0 Å². The molecule has 0 aliphatic rings. The van der Waals surface area contributed by atoms with Gasteiger partial charge in [-0.15, -0.1) is 0 Å². The number of azo groups is 1. The van der Waals surface area contributed by atoms with Crippen LogP contribution in [-0.2, 0) is 9.53 Å². The molecule has 7 heteroatoms. The Morgan fingerprint density at radius 1 is 0.935 bits per heavy atom. The van der Waals surface area contributed by atoms with Crippen LogP contribution >= 0.6 is 0 Å². The monoisotopic (exact) mass is 423 g/mol. The number of benzene rings is 2. The summed E-state index contributed by atoms with van der Waals surface area (Å²) in [6.07, 6.45) is 4.01. The number of carbonyl (C=O) groups is 2. The molecule has 0 fully saturated rings. The van der Waals surface area contributed by atoms with Crippen LogP contribution in [-0.4, -0.2) is 37.2 Å². The lowest BCUT2D eigenvalue weighted by Gasteiger charge is -2.19. The summed E-state index contributed by atoms with van der Waals surface area (Å²) in [6.45, 7) is 6.59. The summed E-state index contributed by atoms with van der Waals surface area (Å²) in [6, 6.07) is 14.1. The molecule has 2 aromatic rings. The van der Waals surface area contributed by atoms with E-state index in [1.54, 1.807) is 19.1 Å². The van der Waals surface area contributed by atoms with Crippen molar-refractivity contribution in [3.63, 3.8) is 0 Å². The van der Waals surface area contributed by atoms with Gasteiger partial charge in [-0.2, -0.15) is 10.2 Å². The SMILES string of the molecule is C=C(C)C(=O)OCCCCCCN(C)c1ccc(/N=N/c2ccc(C(=O)O)cc2)cc1. The van der Waals surface area contributed by atoms with Gasteiger partial charge in [-0.3, -0.25) is 0 Å². The molecule has 0 heterocycles. The van der Waals surface area contributed by atoms with Crippen LogP contribution in [0, 0.1) is 0 Å². The number of esters is 1. The van der Waals surface area contributed by atoms with Gasteiger partial charge in [0.15, 0.2) is 0 Å². The highest BCUT2D eigenvalue weighted by molar-refractivity contribution is 5.88. The number of carboxylic acid groups (broad SMARTS) is 1. The van der Waals surface area contributed by atoms with Crippen LogP contribution in [0.5, 0.6) is 0 Å². The average molecular weight is 424 g/mol. The third kappa shape index (κ3) is 8.42. The van der Waals surface area contributed by atoms with Crippen molar-refractivity contribution >= 4 is 29.0 Å². The van der Waals surface area contributed by atoms with Crippen LogP contribution in [0.15, 0.2) is 70.9 Å². The molecule has 0 aromatic heterocycles. The van der Waals surface area contributed by atoms with Crippen LogP contribution in [0.4, 0.5) is 17.1 Å². The predicted octanol–water partition coefficient (Wildman–Crippen LogP) is 5.92. The molecule has 0 radical (unpaired) electrons. The molecule has 1 N–H and O–H groups in total. The topological polar surface area (TPSA) is 91.6 Å². The summed E-state index contributed by atoms with van der Waals surface area (Å²) in [4.78, 5) is 24.3. The van der Waals surface area contributed by atoms with E-state index in [9.17, 15) is 9.59 Å². The van der Waals surface area contributed by atoms with Crippen molar-refractivity contribution in [1.29, 1.82) is 0 Å². The lowest BCUT2D eigenvalue weighted by Crippen LogP contribution is -2.18. The number of aromatic carboxylic acids is 1. The third-order valence-corrected chi connectivity index (χ3v) is 4.66. The molecule has 0 bridgehead atoms. The molecule has 7 nitrogen and oxygen atoms in total. The Morgan fingerprint density at radius 3 is 2.03 bits per heavy atom. The molecular formula is C24H29N3O4. The van der Waals surface area contributed by atoms with E-state index in [0.717, 1.165) is 43.6 Å². The summed E-state index contributed by atoms with van der Waals surface area (Å²) in [5, 5.41) is 17.3. The van der Waals surface area contributed by atoms with Crippen molar-refractivity contribution < 1.29 is 19.4 Å². The summed E-state index contributed by atoms with van der Waals surface area (Å²) in [7, 11) is 2.05. The number of hydrogen-bond acceptors (Lipinski definition) is 6. The zero-order valence-corrected chi connectivity index (χ0v) is 18.1. The fraction of sp³-hybridized carbons (Fsp3) is 0.333. The van der Waals surface area contributed by atoms with Gasteiger partial charge in [-0.1, -0.05) is 13.0 Å². The highest BCUT2D eigenvalue weighted by atomic mass is 16.5. The van der Waals surface area contributed by atoms with Gasteiger partial charge >= 0.3 is 11.9 Å². The Morgan fingerprint density at radius 2 is 1.48 bits per heavy atom. The molecule has 0 spiro atoms. The van der Waals surface area contributed by atoms with E-state index in [0.29, 0.717) is 17.9 Å². The highest BCUT2D eigenvalue weighted by Crippen LogP contribution is 2.22. The van der Waals surface area contributed by atoms with E-state index in [1.807, 2.05) is 24.3 Å². The summed E-state index contributed by atoms with van der Waals surface area (Å²) in [5.74, 6) is -1.29. The van der Waals surface area contributed by atoms with Crippen LogP contribution in [0.1, 0.15) is 43.0 Å². The molecule has 164 valence electrons. The van der Waals surface area contributed by atoms with Crippen molar-refractivity contribution in [2.75, 3.05) is 25.1 Å². The minimum absolute atomic E-state index is 0.220. The molecule has 0 aliphatic carbocycles. The minimum atomic E-state index is -0.965. The van der Waals surface area contributed by atoms with Gasteiger partial charge in [0.05, 0.1) is 23.5 Å². The first-order valence-corrected chi connectivity index (χ1v) is 10.3. The number of anilines is 1. The second-order valence-corrected chi connectivity index (χ2v) is 7.32. The first-order valence-electron chi connectivity index (χ1n) is 10.3. The number of nitrogens with zero attached hydrogens (tertiary/aromatic N) is 3. The maximum atomic E-state index is 11.3. The van der Waals surface area contributed by atoms with E-state index in [-0.39, 0.29) is 11.5 Å². The van der Waals surface area contributed by atoms with Gasteiger partial charge in [-0.25, -0.2) is 9.59 Å². The summed E-state index contributed by atoms with van der Waals surface area (Å²) < 4.78 is 5.09. The number of carboxylic acids is 1. The quantitative estimate of drug-likeness (QED) is 0.198. The van der Waals surface area contributed by atoms with E-state index in [2.05, 4.69) is 28.8 Å².